The molecule has 4 nitrogen and oxygen atoms in total. The standard InChI is InChI=1S/C14H16O4/c1-3-12(15)9-18-14(17)10(2)8-11-4-6-13(16)7-5-11/h4-8,16H,3,9H2,1-2H3. The molecule has 0 aliphatic heterocycles. The predicted octanol–water partition coefficient (Wildman–Crippen LogP) is 2.32. The molecule has 0 amide bonds. The lowest BCUT2D eigenvalue weighted by atomic mass is 10.1. The Labute approximate surface area is 106 Å². The van der Waals surface area contributed by atoms with Gasteiger partial charge in [-0.05, 0) is 30.7 Å². The molecule has 1 N–H and O–H groups in total. The second-order valence-corrected chi connectivity index (χ2v) is 3.89. The van der Waals surface area contributed by atoms with Crippen molar-refractivity contribution in [2.75, 3.05) is 6.61 Å². The maximum Gasteiger partial charge on any atom is 0.334 e. The molecule has 0 saturated carbocycles. The largest absolute Gasteiger partial charge is 0.508 e. The minimum absolute atomic E-state index is 0.110. The summed E-state index contributed by atoms with van der Waals surface area (Å²) < 4.78 is 4.85. The number of benzene rings is 1. The van der Waals surface area contributed by atoms with Gasteiger partial charge in [0.1, 0.15) is 12.4 Å². The summed E-state index contributed by atoms with van der Waals surface area (Å²) >= 11 is 0. The van der Waals surface area contributed by atoms with Crippen LogP contribution in [0, 0.1) is 0 Å². The summed E-state index contributed by atoms with van der Waals surface area (Å²) in [5, 5.41) is 9.12. The van der Waals surface area contributed by atoms with E-state index in [1.165, 1.54) is 12.1 Å². The van der Waals surface area contributed by atoms with E-state index in [9.17, 15) is 9.59 Å². The van der Waals surface area contributed by atoms with Gasteiger partial charge in [0, 0.05) is 12.0 Å². The minimum Gasteiger partial charge on any atom is -0.508 e. The third-order valence-electron chi connectivity index (χ3n) is 2.36. The van der Waals surface area contributed by atoms with Gasteiger partial charge in [0.15, 0.2) is 5.78 Å². The molecule has 1 aromatic rings. The van der Waals surface area contributed by atoms with Gasteiger partial charge in [0.25, 0.3) is 0 Å². The van der Waals surface area contributed by atoms with Crippen LogP contribution in [0.15, 0.2) is 29.8 Å². The zero-order valence-electron chi connectivity index (χ0n) is 10.5. The topological polar surface area (TPSA) is 63.6 Å². The van der Waals surface area contributed by atoms with Crippen LogP contribution < -0.4 is 0 Å². The lowest BCUT2D eigenvalue weighted by molar-refractivity contribution is -0.143. The molecule has 0 heterocycles. The number of esters is 1. The predicted molar refractivity (Wildman–Crippen MR) is 68.0 cm³/mol. The Kier molecular flexibility index (Phi) is 5.11. The summed E-state index contributed by atoms with van der Waals surface area (Å²) in [6.07, 6.45) is 1.99. The van der Waals surface area contributed by atoms with Crippen LogP contribution in [-0.2, 0) is 14.3 Å². The first-order valence-corrected chi connectivity index (χ1v) is 5.69. The van der Waals surface area contributed by atoms with Crippen LogP contribution in [-0.4, -0.2) is 23.5 Å². The highest BCUT2D eigenvalue weighted by Crippen LogP contribution is 2.13. The van der Waals surface area contributed by atoms with Crippen molar-refractivity contribution in [1.82, 2.24) is 0 Å². The Hall–Kier alpha value is -2.10. The van der Waals surface area contributed by atoms with Crippen molar-refractivity contribution in [3.8, 4) is 5.75 Å². The lowest BCUT2D eigenvalue weighted by Gasteiger charge is -2.03. The van der Waals surface area contributed by atoms with Crippen molar-refractivity contribution >= 4 is 17.8 Å². The monoisotopic (exact) mass is 248 g/mol. The van der Waals surface area contributed by atoms with Gasteiger partial charge in [-0.15, -0.1) is 0 Å². The number of ketones is 1. The third kappa shape index (κ3) is 4.41. The first-order chi connectivity index (χ1) is 8.52. The van der Waals surface area contributed by atoms with Gasteiger partial charge >= 0.3 is 5.97 Å². The molecule has 0 radical (unpaired) electrons. The minimum atomic E-state index is -0.509. The summed E-state index contributed by atoms with van der Waals surface area (Å²) in [7, 11) is 0. The van der Waals surface area contributed by atoms with Gasteiger partial charge < -0.3 is 9.84 Å². The highest BCUT2D eigenvalue weighted by atomic mass is 16.5. The van der Waals surface area contributed by atoms with Crippen LogP contribution in [0.5, 0.6) is 5.75 Å². The van der Waals surface area contributed by atoms with E-state index < -0.39 is 5.97 Å². The lowest BCUT2D eigenvalue weighted by Crippen LogP contribution is -2.13. The summed E-state index contributed by atoms with van der Waals surface area (Å²) in [5.41, 5.74) is 1.19. The molecular weight excluding hydrogens is 232 g/mol. The quantitative estimate of drug-likeness (QED) is 0.641. The van der Waals surface area contributed by atoms with Crippen LogP contribution in [0.4, 0.5) is 0 Å². The number of hydrogen-bond donors (Lipinski definition) is 1. The molecule has 1 aromatic carbocycles. The molecule has 0 unspecified atom stereocenters. The van der Waals surface area contributed by atoms with Crippen molar-refractivity contribution in [2.24, 2.45) is 0 Å². The Morgan fingerprint density at radius 2 is 1.89 bits per heavy atom. The molecule has 96 valence electrons. The van der Waals surface area contributed by atoms with Gasteiger partial charge in [-0.2, -0.15) is 0 Å². The summed E-state index contributed by atoms with van der Waals surface area (Å²) in [6.45, 7) is 3.15. The number of carbonyl (C=O) groups excluding carboxylic acids is 2. The van der Waals surface area contributed by atoms with E-state index in [4.69, 9.17) is 9.84 Å². The Morgan fingerprint density at radius 1 is 1.28 bits per heavy atom. The van der Waals surface area contributed by atoms with Crippen molar-refractivity contribution in [1.29, 1.82) is 0 Å². The highest BCUT2D eigenvalue weighted by Gasteiger charge is 2.08. The van der Waals surface area contributed by atoms with Gasteiger partial charge in [-0.3, -0.25) is 4.79 Å². The van der Waals surface area contributed by atoms with E-state index in [-0.39, 0.29) is 18.1 Å². The van der Waals surface area contributed by atoms with Crippen LogP contribution in [0.2, 0.25) is 0 Å². The van der Waals surface area contributed by atoms with Crippen LogP contribution in [0.25, 0.3) is 6.08 Å². The summed E-state index contributed by atoms with van der Waals surface area (Å²) in [4.78, 5) is 22.6. The second kappa shape index (κ2) is 6.59. The molecule has 0 saturated heterocycles. The number of hydrogen-bond acceptors (Lipinski definition) is 4. The summed E-state index contributed by atoms with van der Waals surface area (Å²) in [5.74, 6) is -0.452. The average Bonchev–Trinajstić information content (AvgIpc) is 2.38. The highest BCUT2D eigenvalue weighted by molar-refractivity contribution is 5.94. The Bertz CT molecular complexity index is 457. The van der Waals surface area contributed by atoms with E-state index in [1.807, 2.05) is 0 Å². The van der Waals surface area contributed by atoms with Gasteiger partial charge in [-0.25, -0.2) is 4.79 Å². The number of phenolic OH excluding ortho intramolecular Hbond substituents is 1. The molecular formula is C14H16O4. The molecule has 0 fully saturated rings. The van der Waals surface area contributed by atoms with Crippen molar-refractivity contribution in [3.63, 3.8) is 0 Å². The average molecular weight is 248 g/mol. The summed E-state index contributed by atoms with van der Waals surface area (Å²) in [6, 6.07) is 6.43. The van der Waals surface area contributed by atoms with Crippen LogP contribution >= 0.6 is 0 Å². The zero-order chi connectivity index (χ0) is 13.5. The van der Waals surface area contributed by atoms with E-state index in [2.05, 4.69) is 0 Å². The van der Waals surface area contributed by atoms with Gasteiger partial charge in [0.05, 0.1) is 0 Å². The van der Waals surface area contributed by atoms with Crippen LogP contribution in [0.3, 0.4) is 0 Å². The fourth-order valence-electron chi connectivity index (χ4n) is 1.24. The molecule has 0 aromatic heterocycles. The van der Waals surface area contributed by atoms with Crippen molar-refractivity contribution < 1.29 is 19.4 Å². The number of ether oxygens (including phenoxy) is 1. The zero-order valence-corrected chi connectivity index (χ0v) is 10.5. The van der Waals surface area contributed by atoms with E-state index in [0.29, 0.717) is 12.0 Å². The fraction of sp³-hybridized carbons (Fsp3) is 0.286. The first kappa shape index (κ1) is 14.0. The van der Waals surface area contributed by atoms with E-state index in [1.54, 1.807) is 32.1 Å². The molecule has 0 aliphatic carbocycles. The van der Waals surface area contributed by atoms with Crippen LogP contribution in [0.1, 0.15) is 25.8 Å². The number of Topliss-reactive ketones (excluding diaryl/α,β-unsaturated/α-hetero) is 1. The maximum atomic E-state index is 11.5. The Morgan fingerprint density at radius 3 is 2.44 bits per heavy atom. The number of rotatable bonds is 5. The number of carbonyl (C=O) groups is 2. The van der Waals surface area contributed by atoms with Crippen molar-refractivity contribution in [2.45, 2.75) is 20.3 Å². The smallest absolute Gasteiger partial charge is 0.334 e. The third-order valence-corrected chi connectivity index (χ3v) is 2.36. The molecule has 0 bridgehead atoms. The Balaban J connectivity index is 2.62. The molecule has 1 rings (SSSR count). The van der Waals surface area contributed by atoms with Crippen molar-refractivity contribution in [3.05, 3.63) is 35.4 Å². The second-order valence-electron chi connectivity index (χ2n) is 3.89. The SMILES string of the molecule is CCC(=O)COC(=O)C(C)=Cc1ccc(O)cc1. The first-order valence-electron chi connectivity index (χ1n) is 5.69. The normalized spacial score (nSPS) is 11.1. The molecule has 0 aliphatic rings. The molecule has 18 heavy (non-hydrogen) atoms. The molecule has 0 spiro atoms. The van der Waals surface area contributed by atoms with E-state index >= 15 is 0 Å². The maximum absolute atomic E-state index is 11.5. The van der Waals surface area contributed by atoms with Gasteiger partial charge in [-0.1, -0.05) is 19.1 Å². The van der Waals surface area contributed by atoms with Gasteiger partial charge in [0.2, 0.25) is 0 Å². The molecule has 4 heteroatoms. The number of aromatic hydroxyl groups is 1. The number of phenols is 1. The fourth-order valence-corrected chi connectivity index (χ4v) is 1.24. The van der Waals surface area contributed by atoms with E-state index in [0.717, 1.165) is 5.56 Å². The molecule has 0 atom stereocenters.